The molecular formula is C35H72N2O3. The van der Waals surface area contributed by atoms with Crippen LogP contribution in [0.3, 0.4) is 0 Å². The maximum Gasteiger partial charge on any atom is 0.320 e. The van der Waals surface area contributed by atoms with E-state index in [1.54, 1.807) is 6.92 Å². The summed E-state index contributed by atoms with van der Waals surface area (Å²) in [6.07, 6.45) is 28.0. The summed E-state index contributed by atoms with van der Waals surface area (Å²) in [7, 11) is 0. The van der Waals surface area contributed by atoms with Gasteiger partial charge in [-0.25, -0.2) is 0 Å². The van der Waals surface area contributed by atoms with Gasteiger partial charge < -0.3 is 14.7 Å². The van der Waals surface area contributed by atoms with Crippen LogP contribution in [0.25, 0.3) is 0 Å². The summed E-state index contributed by atoms with van der Waals surface area (Å²) in [6.45, 7) is 14.6. The van der Waals surface area contributed by atoms with Crippen LogP contribution in [-0.2, 0) is 9.53 Å². The van der Waals surface area contributed by atoms with Crippen molar-refractivity contribution in [3.8, 4) is 0 Å². The van der Waals surface area contributed by atoms with Gasteiger partial charge in [-0.1, -0.05) is 136 Å². The summed E-state index contributed by atoms with van der Waals surface area (Å²) in [5.74, 6) is -0.144. The lowest BCUT2D eigenvalue weighted by atomic mass is 10.1. The standard InChI is InChI=1S/C35H72N2O3/c1-5-8-11-14-17-20-23-27-36(28-24-21-18-15-12-9-6-2)30-31-37(29-25-22-19-16-13-10-7-3)33-35(39)40-32-26-34(4)38/h34,38H,5-33H2,1-4H3. The summed E-state index contributed by atoms with van der Waals surface area (Å²) in [4.78, 5) is 17.6. The molecule has 0 amide bonds. The molecule has 0 fully saturated rings. The van der Waals surface area contributed by atoms with Crippen molar-refractivity contribution in [2.45, 2.75) is 175 Å². The molecule has 1 N–H and O–H groups in total. The van der Waals surface area contributed by atoms with Crippen LogP contribution in [0.15, 0.2) is 0 Å². The zero-order valence-corrected chi connectivity index (χ0v) is 27.7. The first-order valence-electron chi connectivity index (χ1n) is 17.8. The van der Waals surface area contributed by atoms with Crippen molar-refractivity contribution in [1.29, 1.82) is 0 Å². The van der Waals surface area contributed by atoms with Gasteiger partial charge in [-0.2, -0.15) is 0 Å². The second kappa shape index (κ2) is 31.3. The smallest absolute Gasteiger partial charge is 0.320 e. The quantitative estimate of drug-likeness (QED) is 0.0647. The van der Waals surface area contributed by atoms with Gasteiger partial charge in [0.05, 0.1) is 19.3 Å². The van der Waals surface area contributed by atoms with Crippen molar-refractivity contribution < 1.29 is 14.6 Å². The Morgan fingerprint density at radius 1 is 0.550 bits per heavy atom. The molecule has 5 heteroatoms. The number of nitrogens with zero attached hydrogens (tertiary/aromatic N) is 2. The maximum absolute atomic E-state index is 12.6. The predicted octanol–water partition coefficient (Wildman–Crippen LogP) is 9.16. The Morgan fingerprint density at radius 3 is 1.30 bits per heavy atom. The third kappa shape index (κ3) is 28.9. The van der Waals surface area contributed by atoms with Crippen molar-refractivity contribution in [3.63, 3.8) is 0 Å². The molecule has 0 aliphatic heterocycles. The Labute approximate surface area is 251 Å². The van der Waals surface area contributed by atoms with E-state index in [9.17, 15) is 9.90 Å². The second-order valence-electron chi connectivity index (χ2n) is 12.3. The number of carbonyl (C=O) groups is 1. The molecule has 0 aromatic rings. The average molecular weight is 569 g/mol. The zero-order chi connectivity index (χ0) is 29.5. The molecule has 0 bridgehead atoms. The largest absolute Gasteiger partial charge is 0.465 e. The van der Waals surface area contributed by atoms with E-state index in [2.05, 4.69) is 30.6 Å². The van der Waals surface area contributed by atoms with Crippen molar-refractivity contribution >= 4 is 5.97 Å². The Morgan fingerprint density at radius 2 is 0.900 bits per heavy atom. The second-order valence-corrected chi connectivity index (χ2v) is 12.3. The molecule has 0 saturated carbocycles. The number of hydrogen-bond acceptors (Lipinski definition) is 5. The third-order valence-corrected chi connectivity index (χ3v) is 8.12. The molecule has 0 aromatic heterocycles. The minimum absolute atomic E-state index is 0.144. The normalized spacial score (nSPS) is 12.5. The highest BCUT2D eigenvalue weighted by Crippen LogP contribution is 2.12. The van der Waals surface area contributed by atoms with Gasteiger partial charge in [0.25, 0.3) is 0 Å². The first-order chi connectivity index (χ1) is 19.5. The first-order valence-corrected chi connectivity index (χ1v) is 17.8. The van der Waals surface area contributed by atoms with Crippen LogP contribution in [0.2, 0.25) is 0 Å². The summed E-state index contributed by atoms with van der Waals surface area (Å²) in [5.41, 5.74) is 0. The number of aliphatic hydroxyl groups is 1. The van der Waals surface area contributed by atoms with Gasteiger partial charge in [0.2, 0.25) is 0 Å². The maximum atomic E-state index is 12.6. The molecule has 1 unspecified atom stereocenters. The van der Waals surface area contributed by atoms with Crippen molar-refractivity contribution in [2.24, 2.45) is 0 Å². The van der Waals surface area contributed by atoms with E-state index in [0.717, 1.165) is 26.1 Å². The zero-order valence-electron chi connectivity index (χ0n) is 27.7. The Hall–Kier alpha value is -0.650. The molecule has 0 aromatic carbocycles. The fourth-order valence-corrected chi connectivity index (χ4v) is 5.34. The molecule has 40 heavy (non-hydrogen) atoms. The van der Waals surface area contributed by atoms with Crippen LogP contribution in [0, 0.1) is 0 Å². The van der Waals surface area contributed by atoms with Gasteiger partial charge in [-0.05, 0) is 45.8 Å². The fraction of sp³-hybridized carbons (Fsp3) is 0.971. The van der Waals surface area contributed by atoms with Crippen LogP contribution in [0.1, 0.15) is 169 Å². The highest BCUT2D eigenvalue weighted by Gasteiger charge is 2.14. The van der Waals surface area contributed by atoms with E-state index >= 15 is 0 Å². The molecule has 0 aliphatic carbocycles. The summed E-state index contributed by atoms with van der Waals surface area (Å²) in [6, 6.07) is 0. The van der Waals surface area contributed by atoms with E-state index in [4.69, 9.17) is 4.74 Å². The van der Waals surface area contributed by atoms with Crippen LogP contribution in [0.5, 0.6) is 0 Å². The van der Waals surface area contributed by atoms with Crippen LogP contribution >= 0.6 is 0 Å². The molecule has 0 spiro atoms. The fourth-order valence-electron chi connectivity index (χ4n) is 5.34. The lowest BCUT2D eigenvalue weighted by Gasteiger charge is -2.27. The summed E-state index contributed by atoms with van der Waals surface area (Å²) < 4.78 is 5.45. The lowest BCUT2D eigenvalue weighted by molar-refractivity contribution is -0.145. The Kier molecular flexibility index (Phi) is 30.8. The summed E-state index contributed by atoms with van der Waals surface area (Å²) in [5, 5.41) is 9.49. The monoisotopic (exact) mass is 569 g/mol. The van der Waals surface area contributed by atoms with Crippen LogP contribution < -0.4 is 0 Å². The molecule has 1 atom stereocenters. The number of aliphatic hydroxyl groups excluding tert-OH is 1. The third-order valence-electron chi connectivity index (χ3n) is 8.12. The number of hydrogen-bond donors (Lipinski definition) is 1. The van der Waals surface area contributed by atoms with E-state index in [1.165, 1.54) is 142 Å². The highest BCUT2D eigenvalue weighted by molar-refractivity contribution is 5.71. The molecule has 0 saturated heterocycles. The van der Waals surface area contributed by atoms with Crippen LogP contribution in [0.4, 0.5) is 0 Å². The number of ether oxygens (including phenoxy) is 1. The molecule has 0 heterocycles. The van der Waals surface area contributed by atoms with Gasteiger partial charge >= 0.3 is 5.97 Å². The predicted molar refractivity (Wildman–Crippen MR) is 174 cm³/mol. The summed E-state index contributed by atoms with van der Waals surface area (Å²) >= 11 is 0. The van der Waals surface area contributed by atoms with Crippen molar-refractivity contribution in [2.75, 3.05) is 45.9 Å². The van der Waals surface area contributed by atoms with E-state index in [0.29, 0.717) is 19.6 Å². The number of unbranched alkanes of at least 4 members (excludes halogenated alkanes) is 18. The number of rotatable bonds is 32. The minimum atomic E-state index is -0.427. The highest BCUT2D eigenvalue weighted by atomic mass is 16.5. The Bertz CT molecular complexity index is 497. The molecular weight excluding hydrogens is 496 g/mol. The molecule has 240 valence electrons. The van der Waals surface area contributed by atoms with Gasteiger partial charge in [0.15, 0.2) is 0 Å². The van der Waals surface area contributed by atoms with Crippen molar-refractivity contribution in [1.82, 2.24) is 9.80 Å². The molecule has 0 radical (unpaired) electrons. The van der Waals surface area contributed by atoms with E-state index < -0.39 is 6.10 Å². The van der Waals surface area contributed by atoms with E-state index in [-0.39, 0.29) is 5.97 Å². The van der Waals surface area contributed by atoms with Crippen LogP contribution in [-0.4, -0.2) is 72.9 Å². The Balaban J connectivity index is 4.73. The molecule has 0 aliphatic rings. The number of carbonyl (C=O) groups excluding carboxylic acids is 1. The number of esters is 1. The lowest BCUT2D eigenvalue weighted by Crippen LogP contribution is -2.39. The van der Waals surface area contributed by atoms with Crippen molar-refractivity contribution in [3.05, 3.63) is 0 Å². The average Bonchev–Trinajstić information content (AvgIpc) is 2.93. The molecule has 0 rings (SSSR count). The minimum Gasteiger partial charge on any atom is -0.465 e. The first kappa shape index (κ1) is 39.4. The van der Waals surface area contributed by atoms with Gasteiger partial charge in [0, 0.05) is 19.5 Å². The van der Waals surface area contributed by atoms with Gasteiger partial charge in [-0.15, -0.1) is 0 Å². The van der Waals surface area contributed by atoms with Gasteiger partial charge in [-0.3, -0.25) is 9.69 Å². The topological polar surface area (TPSA) is 53.0 Å². The molecule has 5 nitrogen and oxygen atoms in total. The van der Waals surface area contributed by atoms with Gasteiger partial charge in [0.1, 0.15) is 0 Å². The SMILES string of the molecule is CCCCCCCCCN(CCCCCCCCC)CCN(CCCCCCCCC)CC(=O)OCCC(C)O. The van der Waals surface area contributed by atoms with E-state index in [1.807, 2.05) is 0 Å².